The van der Waals surface area contributed by atoms with Crippen molar-refractivity contribution in [1.29, 1.82) is 0 Å². The van der Waals surface area contributed by atoms with Crippen LogP contribution in [0.15, 0.2) is 12.1 Å². The number of halogens is 3. The Labute approximate surface area is 110 Å². The van der Waals surface area contributed by atoms with Gasteiger partial charge in [-0.15, -0.1) is 0 Å². The molecule has 0 radical (unpaired) electrons. The Morgan fingerprint density at radius 1 is 1.37 bits per heavy atom. The Hall–Kier alpha value is -1.30. The molecule has 1 N–H and O–H groups in total. The maximum Gasteiger partial charge on any atom is 0.392 e. The molecule has 1 aliphatic carbocycles. The molecule has 2 rings (SSSR count). The van der Waals surface area contributed by atoms with Gasteiger partial charge in [0.1, 0.15) is 0 Å². The fourth-order valence-corrected chi connectivity index (χ4v) is 1.65. The van der Waals surface area contributed by atoms with E-state index in [9.17, 15) is 13.2 Å². The summed E-state index contributed by atoms with van der Waals surface area (Å²) in [6.45, 7) is 2.18. The predicted octanol–water partition coefficient (Wildman–Crippen LogP) is 2.97. The van der Waals surface area contributed by atoms with Crippen molar-refractivity contribution in [2.75, 3.05) is 6.61 Å². The first kappa shape index (κ1) is 14.1. The number of alkyl halides is 3. The number of hydrogen-bond donors (Lipinski definition) is 1. The van der Waals surface area contributed by atoms with E-state index in [2.05, 4.69) is 10.3 Å². The van der Waals surface area contributed by atoms with E-state index in [-0.39, 0.29) is 5.88 Å². The highest BCUT2D eigenvalue weighted by Crippen LogP contribution is 2.21. The molecule has 1 saturated carbocycles. The van der Waals surface area contributed by atoms with Gasteiger partial charge >= 0.3 is 6.18 Å². The summed E-state index contributed by atoms with van der Waals surface area (Å²) >= 11 is 0. The van der Waals surface area contributed by atoms with Gasteiger partial charge in [-0.1, -0.05) is 6.07 Å². The third-order valence-corrected chi connectivity index (χ3v) is 2.96. The van der Waals surface area contributed by atoms with E-state index in [0.29, 0.717) is 6.04 Å². The van der Waals surface area contributed by atoms with Gasteiger partial charge in [-0.2, -0.15) is 13.2 Å². The van der Waals surface area contributed by atoms with Gasteiger partial charge in [-0.05, 0) is 25.3 Å². The molecule has 0 amide bonds. The van der Waals surface area contributed by atoms with Crippen molar-refractivity contribution in [1.82, 2.24) is 10.3 Å². The minimum atomic E-state index is -4.19. The highest BCUT2D eigenvalue weighted by atomic mass is 19.4. The number of nitrogens with zero attached hydrogens (tertiary/aromatic N) is 1. The SMILES string of the molecule is Cc1nc(OCCC(F)(F)F)ccc1CNC1CC1. The summed E-state index contributed by atoms with van der Waals surface area (Å²) in [5.41, 5.74) is 1.84. The van der Waals surface area contributed by atoms with E-state index >= 15 is 0 Å². The first-order valence-corrected chi connectivity index (χ1v) is 6.33. The lowest BCUT2D eigenvalue weighted by atomic mass is 10.2. The second kappa shape index (κ2) is 5.77. The van der Waals surface area contributed by atoms with Gasteiger partial charge in [-0.25, -0.2) is 4.98 Å². The first-order valence-electron chi connectivity index (χ1n) is 6.33. The fraction of sp³-hybridized carbons (Fsp3) is 0.615. The maximum atomic E-state index is 12.0. The van der Waals surface area contributed by atoms with Gasteiger partial charge in [-0.3, -0.25) is 0 Å². The molecule has 6 heteroatoms. The molecule has 106 valence electrons. The molecule has 1 aromatic heterocycles. The largest absolute Gasteiger partial charge is 0.477 e. The number of aromatic nitrogens is 1. The average Bonchev–Trinajstić information content (AvgIpc) is 3.10. The fourth-order valence-electron chi connectivity index (χ4n) is 1.65. The van der Waals surface area contributed by atoms with Crippen molar-refractivity contribution < 1.29 is 17.9 Å². The molecule has 0 aliphatic heterocycles. The minimum absolute atomic E-state index is 0.247. The van der Waals surface area contributed by atoms with Crippen LogP contribution in [0.4, 0.5) is 13.2 Å². The number of pyridine rings is 1. The quantitative estimate of drug-likeness (QED) is 0.866. The van der Waals surface area contributed by atoms with Gasteiger partial charge in [0, 0.05) is 24.3 Å². The molecule has 0 atom stereocenters. The van der Waals surface area contributed by atoms with Crippen LogP contribution in [0.3, 0.4) is 0 Å². The van der Waals surface area contributed by atoms with E-state index < -0.39 is 19.2 Å². The summed E-state index contributed by atoms with van der Waals surface area (Å²) in [4.78, 5) is 4.16. The maximum absolute atomic E-state index is 12.0. The van der Waals surface area contributed by atoms with Crippen LogP contribution in [-0.2, 0) is 6.54 Å². The zero-order valence-corrected chi connectivity index (χ0v) is 10.8. The summed E-state index contributed by atoms with van der Waals surface area (Å²) < 4.78 is 40.9. The van der Waals surface area contributed by atoms with Crippen LogP contribution in [0.1, 0.15) is 30.5 Å². The van der Waals surface area contributed by atoms with Crippen LogP contribution in [-0.4, -0.2) is 23.8 Å². The van der Waals surface area contributed by atoms with Gasteiger partial charge in [0.25, 0.3) is 0 Å². The number of ether oxygens (including phenoxy) is 1. The molecule has 0 spiro atoms. The second-order valence-electron chi connectivity index (χ2n) is 4.76. The summed E-state index contributed by atoms with van der Waals surface area (Å²) in [6.07, 6.45) is -2.72. The third-order valence-electron chi connectivity index (χ3n) is 2.96. The Bertz CT molecular complexity index is 430. The molecule has 0 aromatic carbocycles. The van der Waals surface area contributed by atoms with Crippen molar-refractivity contribution in [2.24, 2.45) is 0 Å². The zero-order valence-electron chi connectivity index (χ0n) is 10.8. The Morgan fingerprint density at radius 2 is 2.11 bits per heavy atom. The Balaban J connectivity index is 1.83. The van der Waals surface area contributed by atoms with Gasteiger partial charge in [0.15, 0.2) is 0 Å². The van der Waals surface area contributed by atoms with E-state index in [1.165, 1.54) is 12.8 Å². The molecule has 1 heterocycles. The van der Waals surface area contributed by atoms with Crippen molar-refractivity contribution in [3.63, 3.8) is 0 Å². The lowest BCUT2D eigenvalue weighted by molar-refractivity contribution is -0.139. The average molecular weight is 274 g/mol. The van der Waals surface area contributed by atoms with Crippen LogP contribution < -0.4 is 10.1 Å². The van der Waals surface area contributed by atoms with E-state index in [0.717, 1.165) is 17.8 Å². The van der Waals surface area contributed by atoms with Crippen molar-refractivity contribution in [3.05, 3.63) is 23.4 Å². The number of hydrogen-bond acceptors (Lipinski definition) is 3. The van der Waals surface area contributed by atoms with Crippen LogP contribution >= 0.6 is 0 Å². The highest BCUT2D eigenvalue weighted by molar-refractivity contribution is 5.25. The molecular formula is C13H17F3N2O. The molecule has 3 nitrogen and oxygen atoms in total. The number of aryl methyl sites for hydroxylation is 1. The standard InChI is InChI=1S/C13H17F3N2O/c1-9-10(8-17-11-3-4-11)2-5-12(18-9)19-7-6-13(14,15)16/h2,5,11,17H,3-4,6-8H2,1H3. The molecule has 0 saturated heterocycles. The predicted molar refractivity (Wildman–Crippen MR) is 65.0 cm³/mol. The summed E-state index contributed by atoms with van der Waals surface area (Å²) in [7, 11) is 0. The summed E-state index contributed by atoms with van der Waals surface area (Å²) in [5.74, 6) is 0.247. The summed E-state index contributed by atoms with van der Waals surface area (Å²) in [6, 6.07) is 4.08. The van der Waals surface area contributed by atoms with Crippen molar-refractivity contribution >= 4 is 0 Å². The Kier molecular flexibility index (Phi) is 4.29. The smallest absolute Gasteiger partial charge is 0.392 e. The topological polar surface area (TPSA) is 34.1 Å². The van der Waals surface area contributed by atoms with E-state index in [1.54, 1.807) is 6.07 Å². The zero-order chi connectivity index (χ0) is 13.9. The first-order chi connectivity index (χ1) is 8.94. The minimum Gasteiger partial charge on any atom is -0.477 e. The lowest BCUT2D eigenvalue weighted by Gasteiger charge is -2.10. The lowest BCUT2D eigenvalue weighted by Crippen LogP contribution is -2.17. The molecule has 0 bridgehead atoms. The molecule has 19 heavy (non-hydrogen) atoms. The van der Waals surface area contributed by atoms with Gasteiger partial charge < -0.3 is 10.1 Å². The monoisotopic (exact) mass is 274 g/mol. The van der Waals surface area contributed by atoms with Gasteiger partial charge in [0.05, 0.1) is 13.0 Å². The van der Waals surface area contributed by atoms with Crippen LogP contribution in [0, 0.1) is 6.92 Å². The molecule has 1 aromatic rings. The summed E-state index contributed by atoms with van der Waals surface area (Å²) in [5, 5.41) is 3.37. The van der Waals surface area contributed by atoms with E-state index in [1.807, 2.05) is 13.0 Å². The second-order valence-corrected chi connectivity index (χ2v) is 4.76. The normalized spacial score (nSPS) is 15.6. The van der Waals surface area contributed by atoms with Gasteiger partial charge in [0.2, 0.25) is 5.88 Å². The third kappa shape index (κ3) is 5.06. The molecular weight excluding hydrogens is 257 g/mol. The molecule has 1 fully saturated rings. The van der Waals surface area contributed by atoms with Crippen LogP contribution in [0.25, 0.3) is 0 Å². The van der Waals surface area contributed by atoms with Crippen LogP contribution in [0.2, 0.25) is 0 Å². The Morgan fingerprint density at radius 3 is 2.68 bits per heavy atom. The van der Waals surface area contributed by atoms with Crippen LogP contribution in [0.5, 0.6) is 5.88 Å². The van der Waals surface area contributed by atoms with Crippen molar-refractivity contribution in [2.45, 2.75) is 44.9 Å². The molecule has 1 aliphatic rings. The van der Waals surface area contributed by atoms with E-state index in [4.69, 9.17) is 4.74 Å². The number of nitrogens with one attached hydrogen (secondary N) is 1. The number of rotatable bonds is 6. The molecule has 0 unspecified atom stereocenters. The van der Waals surface area contributed by atoms with Crippen molar-refractivity contribution in [3.8, 4) is 5.88 Å². The highest BCUT2D eigenvalue weighted by Gasteiger charge is 2.27.